The van der Waals surface area contributed by atoms with E-state index in [1.54, 1.807) is 0 Å². The summed E-state index contributed by atoms with van der Waals surface area (Å²) in [6, 6.07) is 19.2. The number of likely N-dealkylation sites (tertiary alicyclic amines) is 1. The largest absolute Gasteiger partial charge is 0.444 e. The van der Waals surface area contributed by atoms with E-state index in [1.807, 2.05) is 20.8 Å². The molecule has 2 aromatic rings. The number of carbonyl (C=O) groups is 1. The number of amides is 1. The lowest BCUT2D eigenvalue weighted by Crippen LogP contribution is -2.32. The molecule has 0 radical (unpaired) electrons. The molecule has 0 saturated carbocycles. The smallest absolute Gasteiger partial charge is 0.407 e. The molecule has 1 fully saturated rings. The third-order valence-electron chi connectivity index (χ3n) is 4.78. The Bertz CT molecular complexity index is 752. The van der Waals surface area contributed by atoms with Gasteiger partial charge in [-0.2, -0.15) is 0 Å². The molecule has 3 rings (SSSR count). The maximum Gasteiger partial charge on any atom is 0.407 e. The Labute approximate surface area is 162 Å². The molecule has 0 spiro atoms. The second-order valence-electron chi connectivity index (χ2n) is 8.31. The van der Waals surface area contributed by atoms with E-state index >= 15 is 0 Å². The quantitative estimate of drug-likeness (QED) is 0.834. The fourth-order valence-corrected chi connectivity index (χ4v) is 3.54. The van der Waals surface area contributed by atoms with Crippen LogP contribution in [0.25, 0.3) is 0 Å². The number of alkyl carbamates (subject to hydrolysis) is 1. The number of hydrogen-bond acceptors (Lipinski definition) is 3. The van der Waals surface area contributed by atoms with Crippen molar-refractivity contribution in [1.82, 2.24) is 10.2 Å². The van der Waals surface area contributed by atoms with Crippen molar-refractivity contribution in [3.8, 4) is 0 Å². The predicted octanol–water partition coefficient (Wildman–Crippen LogP) is 4.70. The first-order chi connectivity index (χ1) is 12.9. The van der Waals surface area contributed by atoms with E-state index in [9.17, 15) is 4.79 Å². The summed E-state index contributed by atoms with van der Waals surface area (Å²) >= 11 is 0. The first kappa shape index (κ1) is 19.4. The minimum Gasteiger partial charge on any atom is -0.444 e. The van der Waals surface area contributed by atoms with Crippen LogP contribution in [0.4, 0.5) is 4.79 Å². The van der Waals surface area contributed by atoms with Crippen molar-refractivity contribution in [1.29, 1.82) is 0 Å². The van der Waals surface area contributed by atoms with E-state index in [0.29, 0.717) is 12.5 Å². The molecular weight excluding hydrogens is 336 g/mol. The maximum absolute atomic E-state index is 11.8. The van der Waals surface area contributed by atoms with Gasteiger partial charge in [-0.3, -0.25) is 4.90 Å². The Morgan fingerprint density at radius 1 is 1.11 bits per heavy atom. The number of hydrogen-bond donors (Lipinski definition) is 1. The number of rotatable bonds is 5. The summed E-state index contributed by atoms with van der Waals surface area (Å²) in [7, 11) is 0. The lowest BCUT2D eigenvalue weighted by atomic mass is 9.96. The van der Waals surface area contributed by atoms with Gasteiger partial charge < -0.3 is 10.1 Å². The van der Waals surface area contributed by atoms with Gasteiger partial charge in [0.1, 0.15) is 5.60 Å². The van der Waals surface area contributed by atoms with Crippen LogP contribution in [0.15, 0.2) is 54.6 Å². The van der Waals surface area contributed by atoms with E-state index in [2.05, 4.69) is 64.8 Å². The van der Waals surface area contributed by atoms with Gasteiger partial charge in [0.2, 0.25) is 0 Å². The Morgan fingerprint density at radius 3 is 2.59 bits per heavy atom. The van der Waals surface area contributed by atoms with Gasteiger partial charge in [0.05, 0.1) is 0 Å². The summed E-state index contributed by atoms with van der Waals surface area (Å²) in [5, 5.41) is 2.84. The summed E-state index contributed by atoms with van der Waals surface area (Å²) in [5.41, 5.74) is 3.36. The minimum absolute atomic E-state index is 0.372. The van der Waals surface area contributed by atoms with Crippen molar-refractivity contribution < 1.29 is 9.53 Å². The molecule has 0 aliphatic carbocycles. The van der Waals surface area contributed by atoms with Crippen molar-refractivity contribution in [3.63, 3.8) is 0 Å². The highest BCUT2D eigenvalue weighted by Gasteiger charge is 2.24. The van der Waals surface area contributed by atoms with Gasteiger partial charge in [-0.1, -0.05) is 54.6 Å². The normalized spacial score (nSPS) is 17.7. The summed E-state index contributed by atoms with van der Waals surface area (Å²) in [4.78, 5) is 14.4. The molecule has 2 aromatic carbocycles. The molecule has 1 aliphatic rings. The van der Waals surface area contributed by atoms with Gasteiger partial charge in [-0.15, -0.1) is 0 Å². The first-order valence-corrected chi connectivity index (χ1v) is 9.71. The SMILES string of the molecule is CC(C)(C)OC(=O)NCc1cccc(C2CCN(Cc3ccccc3)C2)c1. The van der Waals surface area contributed by atoms with Gasteiger partial charge in [0.15, 0.2) is 0 Å². The van der Waals surface area contributed by atoms with Crippen molar-refractivity contribution in [2.24, 2.45) is 0 Å². The van der Waals surface area contributed by atoms with E-state index in [0.717, 1.165) is 25.2 Å². The standard InChI is InChI=1S/C23H30N2O2/c1-23(2,3)27-22(26)24-15-19-10-7-11-20(14-19)21-12-13-25(17-21)16-18-8-5-4-6-9-18/h4-11,14,21H,12-13,15-17H2,1-3H3,(H,24,26). The van der Waals surface area contributed by atoms with Gasteiger partial charge in [-0.25, -0.2) is 4.79 Å². The van der Waals surface area contributed by atoms with Gasteiger partial charge in [0, 0.05) is 19.6 Å². The van der Waals surface area contributed by atoms with Crippen LogP contribution in [-0.4, -0.2) is 29.7 Å². The second kappa shape index (κ2) is 8.57. The molecule has 1 aliphatic heterocycles. The van der Waals surface area contributed by atoms with Crippen LogP contribution >= 0.6 is 0 Å². The molecule has 1 unspecified atom stereocenters. The van der Waals surface area contributed by atoms with Crippen molar-refractivity contribution in [2.45, 2.75) is 51.8 Å². The number of nitrogens with zero attached hydrogens (tertiary/aromatic N) is 1. The molecule has 1 N–H and O–H groups in total. The van der Waals surface area contributed by atoms with Crippen LogP contribution < -0.4 is 5.32 Å². The zero-order valence-electron chi connectivity index (χ0n) is 16.6. The van der Waals surface area contributed by atoms with Crippen LogP contribution in [0, 0.1) is 0 Å². The molecular formula is C23H30N2O2. The third-order valence-corrected chi connectivity index (χ3v) is 4.78. The molecule has 27 heavy (non-hydrogen) atoms. The third kappa shape index (κ3) is 6.10. The Morgan fingerprint density at radius 2 is 1.85 bits per heavy atom. The minimum atomic E-state index is -0.474. The molecule has 0 bridgehead atoms. The monoisotopic (exact) mass is 366 g/mol. The molecule has 4 nitrogen and oxygen atoms in total. The highest BCUT2D eigenvalue weighted by Crippen LogP contribution is 2.28. The Hall–Kier alpha value is -2.33. The number of nitrogens with one attached hydrogen (secondary N) is 1. The highest BCUT2D eigenvalue weighted by atomic mass is 16.6. The average molecular weight is 367 g/mol. The zero-order valence-corrected chi connectivity index (χ0v) is 16.6. The molecule has 1 atom stereocenters. The molecule has 0 aromatic heterocycles. The van der Waals surface area contributed by atoms with Crippen LogP contribution in [-0.2, 0) is 17.8 Å². The fourth-order valence-electron chi connectivity index (χ4n) is 3.54. The van der Waals surface area contributed by atoms with E-state index in [1.165, 1.54) is 17.5 Å². The van der Waals surface area contributed by atoms with Crippen LogP contribution in [0.2, 0.25) is 0 Å². The molecule has 1 heterocycles. The Balaban J connectivity index is 1.54. The number of ether oxygens (including phenoxy) is 1. The van der Waals surface area contributed by atoms with E-state index < -0.39 is 5.60 Å². The highest BCUT2D eigenvalue weighted by molar-refractivity contribution is 5.67. The topological polar surface area (TPSA) is 41.6 Å². The van der Waals surface area contributed by atoms with E-state index in [-0.39, 0.29) is 6.09 Å². The summed E-state index contributed by atoms with van der Waals surface area (Å²) in [6.07, 6.45) is 0.804. The van der Waals surface area contributed by atoms with Crippen LogP contribution in [0.1, 0.15) is 49.8 Å². The lowest BCUT2D eigenvalue weighted by molar-refractivity contribution is 0.0523. The molecule has 4 heteroatoms. The average Bonchev–Trinajstić information content (AvgIpc) is 3.08. The molecule has 144 valence electrons. The van der Waals surface area contributed by atoms with Gasteiger partial charge in [-0.05, 0) is 56.3 Å². The first-order valence-electron chi connectivity index (χ1n) is 9.71. The van der Waals surface area contributed by atoms with Gasteiger partial charge >= 0.3 is 6.09 Å². The number of carbonyl (C=O) groups excluding carboxylic acids is 1. The summed E-state index contributed by atoms with van der Waals surface area (Å²) in [6.45, 7) is 9.32. The lowest BCUT2D eigenvalue weighted by Gasteiger charge is -2.20. The van der Waals surface area contributed by atoms with E-state index in [4.69, 9.17) is 4.74 Å². The number of benzene rings is 2. The second-order valence-corrected chi connectivity index (χ2v) is 8.31. The molecule has 1 amide bonds. The van der Waals surface area contributed by atoms with Crippen LogP contribution in [0.3, 0.4) is 0 Å². The summed E-state index contributed by atoms with van der Waals surface area (Å²) in [5.74, 6) is 0.551. The fraction of sp³-hybridized carbons (Fsp3) is 0.435. The molecule has 1 saturated heterocycles. The summed E-state index contributed by atoms with van der Waals surface area (Å²) < 4.78 is 5.30. The van der Waals surface area contributed by atoms with Crippen molar-refractivity contribution in [3.05, 3.63) is 71.3 Å². The zero-order chi connectivity index (χ0) is 19.3. The van der Waals surface area contributed by atoms with Gasteiger partial charge in [0.25, 0.3) is 0 Å². The van der Waals surface area contributed by atoms with Crippen molar-refractivity contribution in [2.75, 3.05) is 13.1 Å². The van der Waals surface area contributed by atoms with Crippen molar-refractivity contribution >= 4 is 6.09 Å². The predicted molar refractivity (Wildman–Crippen MR) is 109 cm³/mol. The maximum atomic E-state index is 11.8. The van der Waals surface area contributed by atoms with Crippen LogP contribution in [0.5, 0.6) is 0 Å². The Kier molecular flexibility index (Phi) is 6.17.